The zero-order valence-corrected chi connectivity index (χ0v) is 21.1. The Morgan fingerprint density at radius 2 is 1.94 bits per heavy atom. The fraction of sp³-hybridized carbons (Fsp3) is 0.160. The lowest BCUT2D eigenvalue weighted by Crippen LogP contribution is -2.25. The van der Waals surface area contributed by atoms with Crippen molar-refractivity contribution < 1.29 is 18.7 Å². The number of carbonyl (C=O) groups is 2. The summed E-state index contributed by atoms with van der Waals surface area (Å²) in [5.74, 6) is 0.417. The monoisotopic (exact) mass is 556 g/mol. The van der Waals surface area contributed by atoms with E-state index in [-0.39, 0.29) is 18.1 Å². The summed E-state index contributed by atoms with van der Waals surface area (Å²) in [6.45, 7) is 2.95. The Labute approximate surface area is 215 Å². The molecule has 0 aliphatic heterocycles. The maximum absolute atomic E-state index is 12.9. The molecular formula is C25H22BrClN4O4. The predicted octanol–water partition coefficient (Wildman–Crippen LogP) is 5.67. The molecule has 0 aliphatic rings. The van der Waals surface area contributed by atoms with Crippen LogP contribution in [0.4, 0.5) is 5.69 Å². The summed E-state index contributed by atoms with van der Waals surface area (Å²) in [6.07, 6.45) is 3.16. The average Bonchev–Trinajstić information content (AvgIpc) is 3.52. The highest BCUT2D eigenvalue weighted by molar-refractivity contribution is 9.10. The van der Waals surface area contributed by atoms with E-state index >= 15 is 0 Å². The molecule has 0 fully saturated rings. The van der Waals surface area contributed by atoms with Crippen molar-refractivity contribution in [2.24, 2.45) is 0 Å². The number of amides is 2. The molecule has 0 unspecified atom stereocenters. The van der Waals surface area contributed by atoms with Gasteiger partial charge in [0.05, 0.1) is 23.5 Å². The van der Waals surface area contributed by atoms with Crippen molar-refractivity contribution in [1.82, 2.24) is 15.1 Å². The highest BCUT2D eigenvalue weighted by Gasteiger charge is 2.19. The van der Waals surface area contributed by atoms with Crippen LogP contribution in [0.2, 0.25) is 5.02 Å². The van der Waals surface area contributed by atoms with Crippen molar-refractivity contribution in [3.8, 4) is 5.75 Å². The Balaban J connectivity index is 1.39. The third-order valence-electron chi connectivity index (χ3n) is 5.06. The van der Waals surface area contributed by atoms with Crippen molar-refractivity contribution >= 4 is 45.0 Å². The summed E-state index contributed by atoms with van der Waals surface area (Å²) in [5, 5.41) is 10.3. The second-order valence-corrected chi connectivity index (χ2v) is 8.85. The number of halogens is 2. The number of benzene rings is 2. The third kappa shape index (κ3) is 6.32. The fourth-order valence-electron chi connectivity index (χ4n) is 3.21. The molecule has 0 saturated carbocycles. The van der Waals surface area contributed by atoms with Crippen LogP contribution in [-0.2, 0) is 19.7 Å². The molecule has 2 amide bonds. The van der Waals surface area contributed by atoms with Gasteiger partial charge in [-0.3, -0.25) is 14.3 Å². The number of nitrogens with one attached hydrogen (secondary N) is 2. The van der Waals surface area contributed by atoms with Gasteiger partial charge in [-0.05, 0) is 55.0 Å². The van der Waals surface area contributed by atoms with Gasteiger partial charge in [0.1, 0.15) is 18.1 Å². The van der Waals surface area contributed by atoms with E-state index in [0.717, 1.165) is 10.0 Å². The van der Waals surface area contributed by atoms with E-state index in [1.807, 2.05) is 13.0 Å². The van der Waals surface area contributed by atoms with E-state index in [9.17, 15) is 9.59 Å². The summed E-state index contributed by atoms with van der Waals surface area (Å²) in [6, 6.07) is 15.9. The van der Waals surface area contributed by atoms with Crippen LogP contribution in [0.25, 0.3) is 0 Å². The zero-order valence-electron chi connectivity index (χ0n) is 18.8. The first-order valence-electron chi connectivity index (χ1n) is 10.8. The van der Waals surface area contributed by atoms with Gasteiger partial charge in [0, 0.05) is 22.8 Å². The smallest absolute Gasteiger partial charge is 0.274 e. The number of hydrogen-bond acceptors (Lipinski definition) is 5. The van der Waals surface area contributed by atoms with E-state index in [0.29, 0.717) is 40.9 Å². The van der Waals surface area contributed by atoms with Gasteiger partial charge in [0.15, 0.2) is 5.69 Å². The molecule has 0 spiro atoms. The quantitative estimate of drug-likeness (QED) is 0.276. The normalized spacial score (nSPS) is 10.7. The summed E-state index contributed by atoms with van der Waals surface area (Å²) < 4.78 is 13.5. The summed E-state index contributed by atoms with van der Waals surface area (Å²) in [7, 11) is 0. The molecule has 8 nitrogen and oxygen atoms in total. The predicted molar refractivity (Wildman–Crippen MR) is 136 cm³/mol. The van der Waals surface area contributed by atoms with Gasteiger partial charge in [0.25, 0.3) is 11.8 Å². The highest BCUT2D eigenvalue weighted by atomic mass is 79.9. The Kier molecular flexibility index (Phi) is 7.89. The van der Waals surface area contributed by atoms with E-state index in [1.165, 1.54) is 6.26 Å². The Morgan fingerprint density at radius 1 is 1.14 bits per heavy atom. The van der Waals surface area contributed by atoms with Crippen LogP contribution in [0.5, 0.6) is 5.75 Å². The number of ether oxygens (including phenoxy) is 1. The van der Waals surface area contributed by atoms with Gasteiger partial charge in [-0.1, -0.05) is 39.7 Å². The lowest BCUT2D eigenvalue weighted by atomic mass is 10.1. The number of anilines is 1. The van der Waals surface area contributed by atoms with Crippen LogP contribution in [-0.4, -0.2) is 21.6 Å². The molecule has 2 heterocycles. The Hall–Kier alpha value is -3.56. The van der Waals surface area contributed by atoms with Crippen molar-refractivity contribution in [3.63, 3.8) is 0 Å². The van der Waals surface area contributed by atoms with Gasteiger partial charge in [-0.2, -0.15) is 5.10 Å². The molecule has 0 aliphatic carbocycles. The molecule has 4 aromatic rings. The molecule has 4 rings (SSSR count). The van der Waals surface area contributed by atoms with Crippen molar-refractivity contribution in [2.45, 2.75) is 26.6 Å². The highest BCUT2D eigenvalue weighted by Crippen LogP contribution is 2.28. The number of furan rings is 1. The molecule has 180 valence electrons. The van der Waals surface area contributed by atoms with E-state index in [2.05, 4.69) is 31.7 Å². The van der Waals surface area contributed by atoms with E-state index in [1.54, 1.807) is 59.4 Å². The van der Waals surface area contributed by atoms with Crippen LogP contribution < -0.4 is 15.4 Å². The Morgan fingerprint density at radius 3 is 2.63 bits per heavy atom. The maximum atomic E-state index is 12.9. The molecule has 10 heteroatoms. The molecule has 0 saturated heterocycles. The lowest BCUT2D eigenvalue weighted by Gasteiger charge is -2.09. The molecule has 0 atom stereocenters. The van der Waals surface area contributed by atoms with Crippen molar-refractivity contribution in [1.29, 1.82) is 0 Å². The average molecular weight is 558 g/mol. The first-order chi connectivity index (χ1) is 16.9. The first-order valence-corrected chi connectivity index (χ1v) is 12.0. The number of carbonyl (C=O) groups excluding carboxylic acids is 2. The number of aryl methyl sites for hydroxylation is 1. The molecule has 2 aromatic carbocycles. The van der Waals surface area contributed by atoms with Crippen LogP contribution >= 0.6 is 27.5 Å². The van der Waals surface area contributed by atoms with Crippen LogP contribution in [0.3, 0.4) is 0 Å². The Bertz CT molecular complexity index is 1320. The standard InChI is InChI=1S/C25H22BrClN4O4/c1-2-31-14-21(23(30-31)25(33)28-13-19-4-3-11-34-19)29-24(32)17-7-5-16(6-8-17)15-35-22-10-9-18(26)12-20(22)27/h3-12,14H,2,13,15H2,1H3,(H,28,33)(H,29,32). The van der Waals surface area contributed by atoms with Crippen molar-refractivity contribution in [3.05, 3.63) is 99.1 Å². The maximum Gasteiger partial charge on any atom is 0.274 e. The molecule has 2 aromatic heterocycles. The number of hydrogen-bond donors (Lipinski definition) is 2. The van der Waals surface area contributed by atoms with Gasteiger partial charge in [-0.15, -0.1) is 0 Å². The largest absolute Gasteiger partial charge is 0.487 e. The second kappa shape index (κ2) is 11.2. The topological polar surface area (TPSA) is 98.4 Å². The summed E-state index contributed by atoms with van der Waals surface area (Å²) >= 11 is 9.55. The van der Waals surface area contributed by atoms with Crippen molar-refractivity contribution in [2.75, 3.05) is 5.32 Å². The minimum absolute atomic E-state index is 0.128. The van der Waals surface area contributed by atoms with Crippen LogP contribution in [0.1, 0.15) is 39.1 Å². The molecule has 0 radical (unpaired) electrons. The SMILES string of the molecule is CCn1cc(NC(=O)c2ccc(COc3ccc(Br)cc3Cl)cc2)c(C(=O)NCc2ccco2)n1. The zero-order chi connectivity index (χ0) is 24.8. The minimum Gasteiger partial charge on any atom is -0.487 e. The van der Waals surface area contributed by atoms with Gasteiger partial charge in [-0.25, -0.2) is 0 Å². The van der Waals surface area contributed by atoms with Gasteiger partial charge in [0.2, 0.25) is 0 Å². The van der Waals surface area contributed by atoms with E-state index < -0.39 is 5.91 Å². The van der Waals surface area contributed by atoms with Crippen LogP contribution in [0, 0.1) is 0 Å². The number of aromatic nitrogens is 2. The molecular weight excluding hydrogens is 536 g/mol. The fourth-order valence-corrected chi connectivity index (χ4v) is 3.93. The third-order valence-corrected chi connectivity index (χ3v) is 5.85. The summed E-state index contributed by atoms with van der Waals surface area (Å²) in [4.78, 5) is 25.5. The van der Waals surface area contributed by atoms with Gasteiger partial charge >= 0.3 is 0 Å². The molecule has 0 bridgehead atoms. The molecule has 35 heavy (non-hydrogen) atoms. The first kappa shape index (κ1) is 24.6. The minimum atomic E-state index is -0.414. The van der Waals surface area contributed by atoms with E-state index in [4.69, 9.17) is 20.8 Å². The van der Waals surface area contributed by atoms with Gasteiger partial charge < -0.3 is 19.8 Å². The lowest BCUT2D eigenvalue weighted by molar-refractivity contribution is 0.0943. The van der Waals surface area contributed by atoms with Crippen LogP contribution in [0.15, 0.2) is 75.9 Å². The molecule has 2 N–H and O–H groups in total. The number of rotatable bonds is 9. The summed E-state index contributed by atoms with van der Waals surface area (Å²) in [5.41, 5.74) is 1.76. The number of nitrogens with zero attached hydrogens (tertiary/aromatic N) is 2. The second-order valence-electron chi connectivity index (χ2n) is 7.52.